The molecule has 27 heavy (non-hydrogen) atoms. The van der Waals surface area contributed by atoms with Crippen molar-refractivity contribution >= 4 is 32.4 Å². The van der Waals surface area contributed by atoms with Crippen LogP contribution in [0.1, 0.15) is 13.8 Å². The van der Waals surface area contributed by atoms with Gasteiger partial charge < -0.3 is 28.4 Å². The number of rotatable bonds is 19. The van der Waals surface area contributed by atoms with E-state index in [4.69, 9.17) is 39.1 Å². The van der Waals surface area contributed by atoms with Crippen molar-refractivity contribution in [2.75, 3.05) is 90.8 Å². The molecule has 11 heteroatoms. The Labute approximate surface area is 173 Å². The van der Waals surface area contributed by atoms with Crippen LogP contribution in [0.15, 0.2) is 0 Å². The first kappa shape index (κ1) is 29.6. The van der Waals surface area contributed by atoms with Gasteiger partial charge in [0.25, 0.3) is 0 Å². The van der Waals surface area contributed by atoms with Gasteiger partial charge in [-0.25, -0.2) is 8.42 Å². The Morgan fingerprint density at radius 3 is 1.30 bits per heavy atom. The van der Waals surface area contributed by atoms with E-state index in [-0.39, 0.29) is 12.4 Å². The number of hydrogen-bond acceptors (Lipinski definition) is 9. The molecular formula is C16H35ClO8S2. The summed E-state index contributed by atoms with van der Waals surface area (Å²) in [5.74, 6) is 0.590. The van der Waals surface area contributed by atoms with Gasteiger partial charge in [0, 0.05) is 29.6 Å². The van der Waals surface area contributed by atoms with E-state index in [0.29, 0.717) is 66.1 Å². The fraction of sp³-hybridized carbons (Fsp3) is 1.00. The zero-order valence-corrected chi connectivity index (χ0v) is 18.9. The second kappa shape index (κ2) is 24.4. The minimum atomic E-state index is -3.44. The molecule has 0 unspecified atom stereocenters. The van der Waals surface area contributed by atoms with Crippen LogP contribution in [0, 0.1) is 0 Å². The molecule has 0 bridgehead atoms. The molecule has 8 nitrogen and oxygen atoms in total. The van der Waals surface area contributed by atoms with Gasteiger partial charge in [-0.3, -0.25) is 0 Å². The summed E-state index contributed by atoms with van der Waals surface area (Å²) in [6.07, 6.45) is 0. The molecule has 0 radical (unpaired) electrons. The molecule has 0 spiro atoms. The lowest BCUT2D eigenvalue weighted by atomic mass is 10.7. The van der Waals surface area contributed by atoms with Crippen molar-refractivity contribution in [3.05, 3.63) is 0 Å². The molecule has 0 aromatic rings. The van der Waals surface area contributed by atoms with Gasteiger partial charge in [-0.05, 0) is 13.8 Å². The molecule has 0 aliphatic carbocycles. The molecule has 0 saturated carbocycles. The quantitative estimate of drug-likeness (QED) is 0.179. The van der Waals surface area contributed by atoms with E-state index in [9.17, 15) is 8.42 Å². The molecule has 0 amide bonds. The van der Waals surface area contributed by atoms with Crippen LogP contribution in [0.25, 0.3) is 0 Å². The molecule has 0 aromatic carbocycles. The molecule has 0 saturated heterocycles. The third-order valence-electron chi connectivity index (χ3n) is 2.60. The van der Waals surface area contributed by atoms with E-state index in [1.54, 1.807) is 0 Å². The first-order valence-corrected chi connectivity index (χ1v) is 12.1. The molecule has 0 rings (SSSR count). The van der Waals surface area contributed by atoms with Crippen molar-refractivity contribution in [1.82, 2.24) is 0 Å². The summed E-state index contributed by atoms with van der Waals surface area (Å²) in [5.41, 5.74) is 0. The van der Waals surface area contributed by atoms with Crippen LogP contribution in [0.2, 0.25) is 0 Å². The lowest BCUT2D eigenvalue weighted by molar-refractivity contribution is 0.0199. The molecule has 0 atom stereocenters. The summed E-state index contributed by atoms with van der Waals surface area (Å²) in [4.78, 5) is 0. The van der Waals surface area contributed by atoms with Crippen LogP contribution >= 0.6 is 23.3 Å². The maximum atomic E-state index is 10.5. The van der Waals surface area contributed by atoms with Gasteiger partial charge in [0.05, 0.1) is 71.8 Å². The summed E-state index contributed by atoms with van der Waals surface area (Å²) in [6.45, 7) is 10.6. The molecular weight excluding hydrogens is 420 g/mol. The van der Waals surface area contributed by atoms with Gasteiger partial charge in [0.2, 0.25) is 9.05 Å². The van der Waals surface area contributed by atoms with Crippen molar-refractivity contribution in [3.63, 3.8) is 0 Å². The Balaban J connectivity index is 0. The van der Waals surface area contributed by atoms with Gasteiger partial charge in [0.1, 0.15) is 0 Å². The highest BCUT2D eigenvalue weighted by molar-refractivity contribution is 8.13. The van der Waals surface area contributed by atoms with Crippen LogP contribution in [-0.2, 0) is 37.5 Å². The normalized spacial score (nSPS) is 11.3. The maximum absolute atomic E-state index is 10.5. The van der Waals surface area contributed by atoms with Crippen LogP contribution < -0.4 is 0 Å². The number of ether oxygens (including phenoxy) is 6. The summed E-state index contributed by atoms with van der Waals surface area (Å²) >= 11 is 4.01. The Morgan fingerprint density at radius 1 is 0.630 bits per heavy atom. The van der Waals surface area contributed by atoms with E-state index in [1.807, 2.05) is 13.8 Å². The summed E-state index contributed by atoms with van der Waals surface area (Å²) < 4.78 is 51.6. The second-order valence-electron chi connectivity index (χ2n) is 4.81. The van der Waals surface area contributed by atoms with E-state index in [0.717, 1.165) is 12.4 Å². The van der Waals surface area contributed by atoms with E-state index < -0.39 is 9.05 Å². The lowest BCUT2D eigenvalue weighted by Gasteiger charge is -2.04. The minimum Gasteiger partial charge on any atom is -0.379 e. The topological polar surface area (TPSA) is 89.5 Å². The number of thiol groups is 1. The third kappa shape index (κ3) is 34.3. The summed E-state index contributed by atoms with van der Waals surface area (Å²) in [7, 11) is 1.53. The first-order chi connectivity index (χ1) is 13.0. The molecule has 0 fully saturated rings. The molecule has 0 heterocycles. The first-order valence-electron chi connectivity index (χ1n) is 8.97. The van der Waals surface area contributed by atoms with Gasteiger partial charge >= 0.3 is 0 Å². The van der Waals surface area contributed by atoms with Gasteiger partial charge in [-0.15, -0.1) is 0 Å². The Hall–Kier alpha value is 0.350. The van der Waals surface area contributed by atoms with Crippen molar-refractivity contribution < 1.29 is 36.8 Å². The fourth-order valence-corrected chi connectivity index (χ4v) is 2.03. The van der Waals surface area contributed by atoms with Crippen molar-refractivity contribution in [2.45, 2.75) is 13.8 Å². The van der Waals surface area contributed by atoms with Crippen molar-refractivity contribution in [2.24, 2.45) is 0 Å². The van der Waals surface area contributed by atoms with Crippen LogP contribution in [-0.4, -0.2) is 99.2 Å². The van der Waals surface area contributed by atoms with E-state index >= 15 is 0 Å². The maximum Gasteiger partial charge on any atom is 0.234 e. The average Bonchev–Trinajstić information content (AvgIpc) is 2.62. The SMILES string of the molecule is CCOCCOCCOCCS.CCOCCOCCOCCS(=O)(=O)Cl. The predicted octanol–water partition coefficient (Wildman–Crippen LogP) is 1.61. The molecule has 0 aromatic heterocycles. The van der Waals surface area contributed by atoms with Crippen LogP contribution in [0.5, 0.6) is 0 Å². The van der Waals surface area contributed by atoms with Gasteiger partial charge in [-0.2, -0.15) is 12.6 Å². The molecule has 0 N–H and O–H groups in total. The van der Waals surface area contributed by atoms with Gasteiger partial charge in [-0.1, -0.05) is 0 Å². The Morgan fingerprint density at radius 2 is 0.963 bits per heavy atom. The molecule has 166 valence electrons. The van der Waals surface area contributed by atoms with E-state index in [2.05, 4.69) is 12.6 Å². The highest BCUT2D eigenvalue weighted by Gasteiger charge is 2.03. The number of hydrogen-bond donors (Lipinski definition) is 1. The fourth-order valence-electron chi connectivity index (χ4n) is 1.39. The molecule has 0 aliphatic rings. The monoisotopic (exact) mass is 454 g/mol. The zero-order valence-electron chi connectivity index (χ0n) is 16.4. The number of halogens is 1. The minimum absolute atomic E-state index is 0.0979. The van der Waals surface area contributed by atoms with Crippen LogP contribution in [0.4, 0.5) is 0 Å². The Kier molecular flexibility index (Phi) is 26.7. The predicted molar refractivity (Wildman–Crippen MR) is 110 cm³/mol. The Bertz CT molecular complexity index is 361. The highest BCUT2D eigenvalue weighted by Crippen LogP contribution is 1.95. The van der Waals surface area contributed by atoms with E-state index in [1.165, 1.54) is 0 Å². The average molecular weight is 455 g/mol. The largest absolute Gasteiger partial charge is 0.379 e. The van der Waals surface area contributed by atoms with Crippen molar-refractivity contribution in [3.8, 4) is 0 Å². The second-order valence-corrected chi connectivity index (χ2v) is 8.15. The zero-order chi connectivity index (χ0) is 20.6. The lowest BCUT2D eigenvalue weighted by Crippen LogP contribution is -2.12. The van der Waals surface area contributed by atoms with Crippen LogP contribution in [0.3, 0.4) is 0 Å². The van der Waals surface area contributed by atoms with Gasteiger partial charge in [0.15, 0.2) is 0 Å². The molecule has 0 aliphatic heterocycles. The summed E-state index contributed by atoms with van der Waals surface area (Å²) in [6, 6.07) is 0. The third-order valence-corrected chi connectivity index (χ3v) is 3.90. The summed E-state index contributed by atoms with van der Waals surface area (Å²) in [5, 5.41) is 0. The highest BCUT2D eigenvalue weighted by atomic mass is 35.7. The van der Waals surface area contributed by atoms with Crippen molar-refractivity contribution in [1.29, 1.82) is 0 Å². The standard InChI is InChI=1S/C8H17ClO5S.C8H18O3S/c1-2-12-3-4-13-5-6-14-7-8-15(9,10)11;1-2-9-3-4-10-5-6-11-7-8-12/h2-8H2,1H3;12H,2-8H2,1H3. The smallest absolute Gasteiger partial charge is 0.234 e.